The van der Waals surface area contributed by atoms with Crippen molar-refractivity contribution in [1.82, 2.24) is 0 Å². The molecule has 31 heavy (non-hydrogen) atoms. The van der Waals surface area contributed by atoms with E-state index in [1.807, 2.05) is 19.1 Å². The summed E-state index contributed by atoms with van der Waals surface area (Å²) in [5.74, 6) is 1.25. The van der Waals surface area contributed by atoms with Gasteiger partial charge in [0.15, 0.2) is 0 Å². The number of halogens is 1. The lowest BCUT2D eigenvalue weighted by Gasteiger charge is -2.19. The fourth-order valence-electron chi connectivity index (χ4n) is 3.11. The molecule has 5 heteroatoms. The van der Waals surface area contributed by atoms with Gasteiger partial charge in [-0.05, 0) is 66.4 Å². The van der Waals surface area contributed by atoms with Crippen LogP contribution in [0.5, 0.6) is 11.5 Å². The van der Waals surface area contributed by atoms with Crippen LogP contribution in [-0.4, -0.2) is 12.5 Å². The quantitative estimate of drug-likeness (QED) is 0.438. The van der Waals surface area contributed by atoms with E-state index in [0.29, 0.717) is 35.2 Å². The molecule has 0 aliphatic heterocycles. The molecule has 4 nitrogen and oxygen atoms in total. The largest absolute Gasteiger partial charge is 0.493 e. The molecular formula is C26H28ClNO3. The number of hydrogen-bond acceptors (Lipinski definition) is 3. The molecule has 0 spiro atoms. The predicted molar refractivity (Wildman–Crippen MR) is 126 cm³/mol. The van der Waals surface area contributed by atoms with E-state index in [1.54, 1.807) is 42.5 Å². The topological polar surface area (TPSA) is 47.6 Å². The zero-order chi connectivity index (χ0) is 22.4. The second-order valence-corrected chi connectivity index (χ2v) is 8.72. The van der Waals surface area contributed by atoms with E-state index < -0.39 is 0 Å². The van der Waals surface area contributed by atoms with Crippen LogP contribution in [-0.2, 0) is 12.0 Å². The summed E-state index contributed by atoms with van der Waals surface area (Å²) < 4.78 is 11.7. The van der Waals surface area contributed by atoms with Gasteiger partial charge < -0.3 is 14.8 Å². The van der Waals surface area contributed by atoms with E-state index >= 15 is 0 Å². The van der Waals surface area contributed by atoms with Crippen molar-refractivity contribution in [2.24, 2.45) is 0 Å². The minimum absolute atomic E-state index is 0.0886. The first-order valence-corrected chi connectivity index (χ1v) is 10.7. The van der Waals surface area contributed by atoms with Crippen LogP contribution in [0.25, 0.3) is 0 Å². The Bertz CT molecular complexity index is 1040. The van der Waals surface area contributed by atoms with Crippen LogP contribution in [0.15, 0.2) is 66.7 Å². The highest BCUT2D eigenvalue weighted by atomic mass is 35.5. The van der Waals surface area contributed by atoms with E-state index in [2.05, 4.69) is 38.2 Å². The first kappa shape index (κ1) is 22.7. The van der Waals surface area contributed by atoms with Crippen LogP contribution < -0.4 is 14.8 Å². The van der Waals surface area contributed by atoms with Crippen LogP contribution >= 0.6 is 11.6 Å². The van der Waals surface area contributed by atoms with Gasteiger partial charge in [0.25, 0.3) is 5.91 Å². The van der Waals surface area contributed by atoms with Crippen molar-refractivity contribution in [1.29, 1.82) is 0 Å². The fourth-order valence-corrected chi connectivity index (χ4v) is 3.30. The molecule has 0 radical (unpaired) electrons. The summed E-state index contributed by atoms with van der Waals surface area (Å²) in [4.78, 5) is 12.7. The van der Waals surface area contributed by atoms with E-state index in [1.165, 1.54) is 5.56 Å². The molecule has 1 amide bonds. The van der Waals surface area contributed by atoms with Gasteiger partial charge in [0.05, 0.1) is 6.61 Å². The Hall–Kier alpha value is -2.98. The van der Waals surface area contributed by atoms with Crippen molar-refractivity contribution in [2.45, 2.75) is 39.7 Å². The zero-order valence-electron chi connectivity index (χ0n) is 18.4. The molecule has 0 unspecified atom stereocenters. The highest BCUT2D eigenvalue weighted by Gasteiger charge is 2.14. The predicted octanol–water partition coefficient (Wildman–Crippen LogP) is 6.87. The minimum atomic E-state index is -0.221. The first-order chi connectivity index (χ1) is 14.8. The third-order valence-electron chi connectivity index (χ3n) is 4.82. The van der Waals surface area contributed by atoms with E-state index in [0.717, 1.165) is 11.3 Å². The van der Waals surface area contributed by atoms with Crippen LogP contribution in [0.3, 0.4) is 0 Å². The number of carbonyl (C=O) groups excluding carboxylic acids is 1. The van der Waals surface area contributed by atoms with Gasteiger partial charge >= 0.3 is 0 Å². The van der Waals surface area contributed by atoms with Crippen molar-refractivity contribution in [3.05, 3.63) is 88.4 Å². The van der Waals surface area contributed by atoms with E-state index in [-0.39, 0.29) is 11.3 Å². The average molecular weight is 438 g/mol. The van der Waals surface area contributed by atoms with Crippen molar-refractivity contribution < 1.29 is 14.3 Å². The Morgan fingerprint density at radius 1 is 0.968 bits per heavy atom. The summed E-state index contributed by atoms with van der Waals surface area (Å²) in [6.07, 6.45) is 0. The van der Waals surface area contributed by atoms with Crippen molar-refractivity contribution >= 4 is 23.2 Å². The van der Waals surface area contributed by atoms with Crippen molar-refractivity contribution in [2.75, 3.05) is 11.9 Å². The van der Waals surface area contributed by atoms with Gasteiger partial charge in [0.2, 0.25) is 0 Å². The Morgan fingerprint density at radius 3 is 2.35 bits per heavy atom. The highest BCUT2D eigenvalue weighted by molar-refractivity contribution is 6.31. The molecule has 0 saturated heterocycles. The summed E-state index contributed by atoms with van der Waals surface area (Å²) in [5.41, 5.74) is 3.30. The Balaban J connectivity index is 1.76. The van der Waals surface area contributed by atoms with Crippen LogP contribution in [0.4, 0.5) is 5.69 Å². The average Bonchev–Trinajstić information content (AvgIpc) is 2.73. The smallest absolute Gasteiger partial charge is 0.255 e. The molecular weight excluding hydrogens is 410 g/mol. The Labute approximate surface area is 189 Å². The molecule has 0 aliphatic rings. The third kappa shape index (κ3) is 6.25. The van der Waals surface area contributed by atoms with Gasteiger partial charge in [-0.25, -0.2) is 0 Å². The van der Waals surface area contributed by atoms with Gasteiger partial charge in [-0.1, -0.05) is 50.6 Å². The van der Waals surface area contributed by atoms with Crippen LogP contribution in [0, 0.1) is 0 Å². The zero-order valence-corrected chi connectivity index (χ0v) is 19.1. The molecule has 3 aromatic carbocycles. The maximum absolute atomic E-state index is 12.7. The molecule has 1 N–H and O–H groups in total. The van der Waals surface area contributed by atoms with E-state index in [9.17, 15) is 4.79 Å². The van der Waals surface area contributed by atoms with Crippen molar-refractivity contribution in [3.8, 4) is 11.5 Å². The van der Waals surface area contributed by atoms with Gasteiger partial charge in [-0.15, -0.1) is 0 Å². The summed E-state index contributed by atoms with van der Waals surface area (Å²) in [6, 6.07) is 20.5. The molecule has 0 heterocycles. The fraction of sp³-hybridized carbons (Fsp3) is 0.269. The third-order valence-corrected chi connectivity index (χ3v) is 5.05. The number of benzene rings is 3. The van der Waals surface area contributed by atoms with Crippen LogP contribution in [0.2, 0.25) is 5.02 Å². The number of hydrogen-bond donors (Lipinski definition) is 1. The lowest BCUT2D eigenvalue weighted by Crippen LogP contribution is -2.13. The molecule has 0 aromatic heterocycles. The number of carbonyl (C=O) groups is 1. The molecule has 0 fully saturated rings. The monoisotopic (exact) mass is 437 g/mol. The lowest BCUT2D eigenvalue weighted by molar-refractivity contribution is 0.102. The van der Waals surface area contributed by atoms with Gasteiger partial charge in [0, 0.05) is 21.8 Å². The normalized spacial score (nSPS) is 11.1. The molecule has 3 rings (SSSR count). The van der Waals surface area contributed by atoms with E-state index in [4.69, 9.17) is 21.1 Å². The maximum Gasteiger partial charge on any atom is 0.255 e. The summed E-state index contributed by atoms with van der Waals surface area (Å²) in [7, 11) is 0. The molecule has 0 aliphatic carbocycles. The first-order valence-electron chi connectivity index (χ1n) is 10.3. The summed E-state index contributed by atoms with van der Waals surface area (Å²) >= 11 is 6.00. The second-order valence-electron chi connectivity index (χ2n) is 8.28. The van der Waals surface area contributed by atoms with Gasteiger partial charge in [-0.2, -0.15) is 0 Å². The summed E-state index contributed by atoms with van der Waals surface area (Å²) in [6.45, 7) is 9.28. The van der Waals surface area contributed by atoms with Crippen molar-refractivity contribution in [3.63, 3.8) is 0 Å². The molecule has 3 aromatic rings. The summed E-state index contributed by atoms with van der Waals surface area (Å²) in [5, 5.41) is 3.43. The number of amides is 1. The molecule has 0 bridgehead atoms. The molecule has 0 saturated carbocycles. The van der Waals surface area contributed by atoms with Gasteiger partial charge in [-0.3, -0.25) is 4.79 Å². The highest BCUT2D eigenvalue weighted by Crippen LogP contribution is 2.27. The SMILES string of the molecule is CCOc1ccc(C(=O)Nc2cccc(Cl)c2)cc1COc1ccc(C(C)(C)C)cc1. The minimum Gasteiger partial charge on any atom is -0.493 e. The molecule has 162 valence electrons. The number of nitrogens with one attached hydrogen (secondary N) is 1. The number of ether oxygens (including phenoxy) is 2. The standard InChI is InChI=1S/C26H28ClNO3/c1-5-30-24-14-9-18(25(29)28-22-8-6-7-21(27)16-22)15-19(24)17-31-23-12-10-20(11-13-23)26(2,3)4/h6-16H,5,17H2,1-4H3,(H,28,29). The van der Waals surface area contributed by atoms with Crippen LogP contribution in [0.1, 0.15) is 49.2 Å². The maximum atomic E-state index is 12.7. The number of anilines is 1. The molecule has 0 atom stereocenters. The Kier molecular flexibility index (Phi) is 7.24. The number of rotatable bonds is 7. The second kappa shape index (κ2) is 9.88. The lowest BCUT2D eigenvalue weighted by atomic mass is 9.87. The van der Waals surface area contributed by atoms with Gasteiger partial charge in [0.1, 0.15) is 18.1 Å². The Morgan fingerprint density at radius 2 is 1.71 bits per heavy atom.